The highest BCUT2D eigenvalue weighted by Gasteiger charge is 2.27. The first-order valence-electron chi connectivity index (χ1n) is 9.29. The molecule has 2 amide bonds. The first-order valence-corrected chi connectivity index (χ1v) is 10.7. The summed E-state index contributed by atoms with van der Waals surface area (Å²) in [6.45, 7) is 0.342. The van der Waals surface area contributed by atoms with E-state index in [-0.39, 0.29) is 41.1 Å². The zero-order valence-electron chi connectivity index (χ0n) is 15.9. The molecule has 5 nitrogen and oxygen atoms in total. The number of rotatable bonds is 6. The molecule has 0 unspecified atom stereocenters. The number of anilines is 1. The topological polar surface area (TPSA) is 62.6 Å². The van der Waals surface area contributed by atoms with E-state index in [1.54, 1.807) is 30.5 Å². The summed E-state index contributed by atoms with van der Waals surface area (Å²) in [4.78, 5) is 27.3. The fourth-order valence-corrected chi connectivity index (χ4v) is 4.36. The first-order chi connectivity index (χ1) is 14.5. The number of hydrogen-bond donors (Lipinski definition) is 1. The number of furan rings is 1. The van der Waals surface area contributed by atoms with E-state index in [1.165, 1.54) is 28.8 Å². The highest BCUT2D eigenvalue weighted by molar-refractivity contribution is 8.00. The van der Waals surface area contributed by atoms with Gasteiger partial charge in [-0.05, 0) is 42.0 Å². The summed E-state index contributed by atoms with van der Waals surface area (Å²) >= 11 is 7.58. The van der Waals surface area contributed by atoms with Crippen LogP contribution in [0.1, 0.15) is 16.9 Å². The van der Waals surface area contributed by atoms with Gasteiger partial charge in [0, 0.05) is 15.5 Å². The molecule has 154 valence electrons. The van der Waals surface area contributed by atoms with Crippen molar-refractivity contribution in [2.24, 2.45) is 0 Å². The number of benzene rings is 2. The van der Waals surface area contributed by atoms with Crippen LogP contribution in [-0.2, 0) is 29.1 Å². The molecule has 0 bridgehead atoms. The van der Waals surface area contributed by atoms with Gasteiger partial charge in [-0.25, -0.2) is 4.39 Å². The maximum atomic E-state index is 14.3. The third kappa shape index (κ3) is 4.52. The SMILES string of the molecule is O=C(Cc1ccc2c(c1)N(Cc1c(F)cccc1Cl)C(=O)CS2)NCc1ccco1. The Balaban J connectivity index is 1.53. The van der Waals surface area contributed by atoms with Gasteiger partial charge in [-0.2, -0.15) is 0 Å². The average Bonchev–Trinajstić information content (AvgIpc) is 3.24. The van der Waals surface area contributed by atoms with Crippen molar-refractivity contribution in [3.8, 4) is 0 Å². The summed E-state index contributed by atoms with van der Waals surface area (Å²) in [6, 6.07) is 13.6. The van der Waals surface area contributed by atoms with E-state index >= 15 is 0 Å². The Labute approximate surface area is 182 Å². The normalized spacial score (nSPS) is 13.3. The summed E-state index contributed by atoms with van der Waals surface area (Å²) in [5, 5.41) is 3.08. The molecule has 0 fully saturated rings. The quantitative estimate of drug-likeness (QED) is 0.605. The van der Waals surface area contributed by atoms with E-state index in [0.717, 1.165) is 10.5 Å². The van der Waals surface area contributed by atoms with Gasteiger partial charge >= 0.3 is 0 Å². The summed E-state index contributed by atoms with van der Waals surface area (Å²) in [7, 11) is 0. The molecule has 0 spiro atoms. The molecule has 0 aliphatic carbocycles. The van der Waals surface area contributed by atoms with Gasteiger partial charge < -0.3 is 14.6 Å². The van der Waals surface area contributed by atoms with Gasteiger partial charge in [0.05, 0.1) is 37.2 Å². The molecule has 1 N–H and O–H groups in total. The van der Waals surface area contributed by atoms with Crippen molar-refractivity contribution in [2.75, 3.05) is 10.7 Å². The Morgan fingerprint density at radius 3 is 2.87 bits per heavy atom. The maximum absolute atomic E-state index is 14.3. The van der Waals surface area contributed by atoms with Gasteiger partial charge in [-0.15, -0.1) is 11.8 Å². The molecule has 3 aromatic rings. The lowest BCUT2D eigenvalue weighted by atomic mass is 10.1. The third-order valence-corrected chi connectivity index (χ3v) is 6.15. The smallest absolute Gasteiger partial charge is 0.237 e. The van der Waals surface area contributed by atoms with Gasteiger partial charge in [-0.1, -0.05) is 23.7 Å². The number of carbonyl (C=O) groups excluding carboxylic acids is 2. The van der Waals surface area contributed by atoms with Crippen LogP contribution in [-0.4, -0.2) is 17.6 Å². The van der Waals surface area contributed by atoms with Gasteiger partial charge in [0.2, 0.25) is 11.8 Å². The molecule has 30 heavy (non-hydrogen) atoms. The van der Waals surface area contributed by atoms with Crippen LogP contribution in [0.2, 0.25) is 5.02 Å². The molecule has 0 saturated carbocycles. The van der Waals surface area contributed by atoms with E-state index in [4.69, 9.17) is 16.0 Å². The van der Waals surface area contributed by atoms with Crippen LogP contribution in [0.5, 0.6) is 0 Å². The Morgan fingerprint density at radius 1 is 1.23 bits per heavy atom. The standard InChI is InChI=1S/C22H18ClFN2O3S/c23-17-4-1-5-18(24)16(17)12-26-19-9-14(6-7-20(19)30-13-22(26)28)10-21(27)25-11-15-3-2-8-29-15/h1-9H,10-13H2,(H,25,27). The third-order valence-electron chi connectivity index (χ3n) is 4.75. The molecule has 2 heterocycles. The van der Waals surface area contributed by atoms with Crippen molar-refractivity contribution in [3.63, 3.8) is 0 Å². The lowest BCUT2D eigenvalue weighted by Gasteiger charge is -2.30. The lowest BCUT2D eigenvalue weighted by molar-refractivity contribution is -0.120. The molecular formula is C22H18ClFN2O3S. The number of thioether (sulfide) groups is 1. The molecule has 0 saturated heterocycles. The fourth-order valence-electron chi connectivity index (χ4n) is 3.22. The Bertz CT molecular complexity index is 1070. The minimum Gasteiger partial charge on any atom is -0.467 e. The van der Waals surface area contributed by atoms with Gasteiger partial charge in [0.1, 0.15) is 11.6 Å². The van der Waals surface area contributed by atoms with Crippen molar-refractivity contribution < 1.29 is 18.4 Å². The number of amides is 2. The van der Waals surface area contributed by atoms with Crippen molar-refractivity contribution in [3.05, 3.63) is 82.5 Å². The van der Waals surface area contributed by atoms with Crippen molar-refractivity contribution in [2.45, 2.75) is 24.4 Å². The highest BCUT2D eigenvalue weighted by atomic mass is 35.5. The molecule has 4 rings (SSSR count). The van der Waals surface area contributed by atoms with Crippen molar-refractivity contribution in [1.29, 1.82) is 0 Å². The minimum atomic E-state index is -0.455. The number of hydrogen-bond acceptors (Lipinski definition) is 4. The molecular weight excluding hydrogens is 427 g/mol. The van der Waals surface area contributed by atoms with Crippen LogP contribution < -0.4 is 10.2 Å². The number of carbonyl (C=O) groups is 2. The highest BCUT2D eigenvalue weighted by Crippen LogP contribution is 2.37. The van der Waals surface area contributed by atoms with E-state index in [2.05, 4.69) is 5.32 Å². The molecule has 2 aromatic carbocycles. The van der Waals surface area contributed by atoms with Crippen molar-refractivity contribution in [1.82, 2.24) is 5.32 Å². The number of nitrogens with one attached hydrogen (secondary N) is 1. The summed E-state index contributed by atoms with van der Waals surface area (Å²) < 4.78 is 19.5. The summed E-state index contributed by atoms with van der Waals surface area (Å²) in [5.74, 6) is 0.186. The molecule has 0 atom stereocenters. The maximum Gasteiger partial charge on any atom is 0.237 e. The summed E-state index contributed by atoms with van der Waals surface area (Å²) in [5.41, 5.74) is 1.68. The van der Waals surface area contributed by atoms with E-state index in [9.17, 15) is 14.0 Å². The van der Waals surface area contributed by atoms with Crippen LogP contribution in [0.3, 0.4) is 0 Å². The van der Waals surface area contributed by atoms with Crippen LogP contribution in [0.15, 0.2) is 64.1 Å². The van der Waals surface area contributed by atoms with Crippen LogP contribution in [0, 0.1) is 5.82 Å². The van der Waals surface area contributed by atoms with Gasteiger partial charge in [0.15, 0.2) is 0 Å². The van der Waals surface area contributed by atoms with E-state index in [1.807, 2.05) is 12.1 Å². The molecule has 1 aliphatic rings. The zero-order valence-corrected chi connectivity index (χ0v) is 17.4. The van der Waals surface area contributed by atoms with Crippen LogP contribution in [0.25, 0.3) is 0 Å². The van der Waals surface area contributed by atoms with Gasteiger partial charge in [0.25, 0.3) is 0 Å². The summed E-state index contributed by atoms with van der Waals surface area (Å²) in [6.07, 6.45) is 1.71. The Morgan fingerprint density at radius 2 is 2.10 bits per heavy atom. The largest absolute Gasteiger partial charge is 0.467 e. The van der Waals surface area contributed by atoms with Crippen molar-refractivity contribution >= 4 is 40.9 Å². The molecule has 1 aromatic heterocycles. The number of nitrogens with zero attached hydrogens (tertiary/aromatic N) is 1. The second-order valence-electron chi connectivity index (χ2n) is 6.80. The minimum absolute atomic E-state index is 0.0338. The van der Waals surface area contributed by atoms with E-state index in [0.29, 0.717) is 18.0 Å². The second kappa shape index (κ2) is 8.93. The predicted octanol–water partition coefficient (Wildman–Crippen LogP) is 4.57. The average molecular weight is 445 g/mol. The molecule has 1 aliphatic heterocycles. The fraction of sp³-hybridized carbons (Fsp3) is 0.182. The monoisotopic (exact) mass is 444 g/mol. The first kappa shape index (κ1) is 20.5. The lowest BCUT2D eigenvalue weighted by Crippen LogP contribution is -2.35. The van der Waals surface area contributed by atoms with Crippen LogP contribution >= 0.6 is 23.4 Å². The molecule has 8 heteroatoms. The Hall–Kier alpha value is -2.77. The van der Waals surface area contributed by atoms with Gasteiger partial charge in [-0.3, -0.25) is 9.59 Å². The molecule has 0 radical (unpaired) electrons. The van der Waals surface area contributed by atoms with Crippen LogP contribution in [0.4, 0.5) is 10.1 Å². The number of halogens is 2. The number of fused-ring (bicyclic) bond motifs is 1. The Kier molecular flexibility index (Phi) is 6.11. The van der Waals surface area contributed by atoms with E-state index < -0.39 is 5.82 Å². The predicted molar refractivity (Wildman–Crippen MR) is 114 cm³/mol. The zero-order chi connectivity index (χ0) is 21.1. The second-order valence-corrected chi connectivity index (χ2v) is 8.23.